The summed E-state index contributed by atoms with van der Waals surface area (Å²) in [7, 11) is 2.27. The molecule has 1 nitrogen and oxygen atoms in total. The summed E-state index contributed by atoms with van der Waals surface area (Å²) in [4.78, 5) is 2.52. The number of likely N-dealkylation sites (N-methyl/N-ethyl adjacent to an activating group) is 1. The van der Waals surface area contributed by atoms with Crippen molar-refractivity contribution in [3.63, 3.8) is 0 Å². The molecule has 1 aromatic carbocycles. The number of rotatable bonds is 0. The SMILES string of the molecule is C[C@@H]1C=C2c3ccccc3CC[C@H]2N(C)C1. The van der Waals surface area contributed by atoms with Crippen molar-refractivity contribution in [1.29, 1.82) is 0 Å². The van der Waals surface area contributed by atoms with E-state index in [-0.39, 0.29) is 0 Å². The van der Waals surface area contributed by atoms with E-state index in [4.69, 9.17) is 0 Å². The topological polar surface area (TPSA) is 3.24 Å². The Morgan fingerprint density at radius 2 is 2.06 bits per heavy atom. The van der Waals surface area contributed by atoms with Crippen molar-refractivity contribution in [3.8, 4) is 0 Å². The third-order valence-corrected chi connectivity index (χ3v) is 3.95. The Morgan fingerprint density at radius 1 is 1.25 bits per heavy atom. The van der Waals surface area contributed by atoms with Crippen LogP contribution in [-0.2, 0) is 6.42 Å². The van der Waals surface area contributed by atoms with Gasteiger partial charge in [0.25, 0.3) is 0 Å². The van der Waals surface area contributed by atoms with Gasteiger partial charge in [-0.25, -0.2) is 0 Å². The van der Waals surface area contributed by atoms with Crippen LogP contribution in [-0.4, -0.2) is 24.5 Å². The van der Waals surface area contributed by atoms with E-state index in [2.05, 4.69) is 49.2 Å². The molecule has 0 bridgehead atoms. The van der Waals surface area contributed by atoms with Crippen LogP contribution in [0.5, 0.6) is 0 Å². The third-order valence-electron chi connectivity index (χ3n) is 3.95. The molecule has 0 radical (unpaired) electrons. The molecule has 0 saturated carbocycles. The number of aryl methyl sites for hydroxylation is 1. The van der Waals surface area contributed by atoms with E-state index in [0.717, 1.165) is 0 Å². The van der Waals surface area contributed by atoms with E-state index in [9.17, 15) is 0 Å². The Bertz CT molecular complexity index is 433. The number of fused-ring (bicyclic) bond motifs is 3. The van der Waals surface area contributed by atoms with Crippen LogP contribution in [0.2, 0.25) is 0 Å². The van der Waals surface area contributed by atoms with E-state index in [1.165, 1.54) is 30.5 Å². The molecule has 0 spiro atoms. The standard InChI is InChI=1S/C15H19N/c1-11-9-14-13-6-4-3-5-12(13)7-8-15(14)16(2)10-11/h3-6,9,11,15H,7-8,10H2,1-2H3/t11-,15-/m1/s1. The van der Waals surface area contributed by atoms with Gasteiger partial charge in [0.15, 0.2) is 0 Å². The summed E-state index contributed by atoms with van der Waals surface area (Å²) in [5, 5.41) is 0. The van der Waals surface area contributed by atoms with Crippen molar-refractivity contribution in [1.82, 2.24) is 4.90 Å². The van der Waals surface area contributed by atoms with Crippen LogP contribution in [0.25, 0.3) is 5.57 Å². The summed E-state index contributed by atoms with van der Waals surface area (Å²) in [6, 6.07) is 9.56. The lowest BCUT2D eigenvalue weighted by atomic mass is 9.79. The third kappa shape index (κ3) is 1.51. The fourth-order valence-corrected chi connectivity index (χ4v) is 3.25. The Kier molecular flexibility index (Phi) is 2.36. The molecular formula is C15H19N. The number of hydrogen-bond acceptors (Lipinski definition) is 1. The molecule has 1 heteroatoms. The van der Waals surface area contributed by atoms with Crippen LogP contribution in [0.3, 0.4) is 0 Å². The summed E-state index contributed by atoms with van der Waals surface area (Å²) in [5.74, 6) is 0.683. The van der Waals surface area contributed by atoms with Gasteiger partial charge in [-0.15, -0.1) is 0 Å². The van der Waals surface area contributed by atoms with Gasteiger partial charge in [-0.05, 0) is 42.5 Å². The molecule has 1 aliphatic heterocycles. The molecule has 3 rings (SSSR count). The minimum absolute atomic E-state index is 0.658. The molecule has 0 fully saturated rings. The molecule has 0 N–H and O–H groups in total. The summed E-state index contributed by atoms with van der Waals surface area (Å²) in [6.07, 6.45) is 5.01. The van der Waals surface area contributed by atoms with Crippen molar-refractivity contribution in [3.05, 3.63) is 41.5 Å². The molecule has 0 aromatic heterocycles. The average molecular weight is 213 g/mol. The first-order chi connectivity index (χ1) is 7.75. The van der Waals surface area contributed by atoms with E-state index in [1.807, 2.05) is 0 Å². The van der Waals surface area contributed by atoms with Gasteiger partial charge in [-0.2, -0.15) is 0 Å². The maximum Gasteiger partial charge on any atom is 0.0351 e. The first-order valence-corrected chi connectivity index (χ1v) is 6.26. The molecule has 16 heavy (non-hydrogen) atoms. The van der Waals surface area contributed by atoms with Crippen LogP contribution < -0.4 is 0 Å². The molecule has 2 aliphatic rings. The highest BCUT2D eigenvalue weighted by atomic mass is 15.1. The van der Waals surface area contributed by atoms with Crippen molar-refractivity contribution in [2.24, 2.45) is 5.92 Å². The van der Waals surface area contributed by atoms with Gasteiger partial charge in [0.1, 0.15) is 0 Å². The lowest BCUT2D eigenvalue weighted by Crippen LogP contribution is -2.41. The van der Waals surface area contributed by atoms with E-state index in [1.54, 1.807) is 5.57 Å². The molecule has 2 atom stereocenters. The molecule has 0 amide bonds. The highest BCUT2D eigenvalue weighted by molar-refractivity contribution is 5.74. The molecule has 84 valence electrons. The lowest BCUT2D eigenvalue weighted by molar-refractivity contribution is 0.241. The summed E-state index contributed by atoms with van der Waals surface area (Å²) < 4.78 is 0. The molecule has 0 saturated heterocycles. The molecule has 1 heterocycles. The quantitative estimate of drug-likeness (QED) is 0.640. The largest absolute Gasteiger partial charge is 0.299 e. The molecule has 1 aliphatic carbocycles. The van der Waals surface area contributed by atoms with Crippen LogP contribution in [0.15, 0.2) is 30.3 Å². The Morgan fingerprint density at radius 3 is 2.94 bits per heavy atom. The first kappa shape index (κ1) is 10.1. The Balaban J connectivity index is 2.10. The second-order valence-electron chi connectivity index (χ2n) is 5.25. The van der Waals surface area contributed by atoms with Gasteiger partial charge >= 0.3 is 0 Å². The maximum atomic E-state index is 2.52. The van der Waals surface area contributed by atoms with Gasteiger partial charge in [-0.1, -0.05) is 37.3 Å². The fourth-order valence-electron chi connectivity index (χ4n) is 3.25. The van der Waals surface area contributed by atoms with Crippen LogP contribution in [0.4, 0.5) is 0 Å². The van der Waals surface area contributed by atoms with E-state index >= 15 is 0 Å². The minimum Gasteiger partial charge on any atom is -0.299 e. The Hall–Kier alpha value is -1.08. The highest BCUT2D eigenvalue weighted by Gasteiger charge is 2.30. The molecule has 0 unspecified atom stereocenters. The normalized spacial score (nSPS) is 29.2. The first-order valence-electron chi connectivity index (χ1n) is 6.26. The van der Waals surface area contributed by atoms with Gasteiger partial charge in [0.2, 0.25) is 0 Å². The van der Waals surface area contributed by atoms with E-state index < -0.39 is 0 Å². The van der Waals surface area contributed by atoms with E-state index in [0.29, 0.717) is 12.0 Å². The van der Waals surface area contributed by atoms with Gasteiger partial charge in [0, 0.05) is 12.6 Å². The summed E-state index contributed by atoms with van der Waals surface area (Å²) >= 11 is 0. The predicted molar refractivity (Wildman–Crippen MR) is 68.3 cm³/mol. The van der Waals surface area contributed by atoms with Gasteiger partial charge in [-0.3, -0.25) is 4.90 Å². The average Bonchev–Trinajstić information content (AvgIpc) is 2.28. The van der Waals surface area contributed by atoms with Crippen molar-refractivity contribution in [2.75, 3.05) is 13.6 Å². The summed E-state index contributed by atoms with van der Waals surface area (Å²) in [6.45, 7) is 3.52. The molecule has 1 aromatic rings. The zero-order valence-corrected chi connectivity index (χ0v) is 10.1. The molecular weight excluding hydrogens is 194 g/mol. The number of benzene rings is 1. The van der Waals surface area contributed by atoms with Crippen molar-refractivity contribution < 1.29 is 0 Å². The monoisotopic (exact) mass is 213 g/mol. The Labute approximate surface area is 97.8 Å². The maximum absolute atomic E-state index is 2.52. The van der Waals surface area contributed by atoms with Crippen LogP contribution in [0, 0.1) is 5.92 Å². The smallest absolute Gasteiger partial charge is 0.0351 e. The lowest BCUT2D eigenvalue weighted by Gasteiger charge is -2.40. The zero-order valence-electron chi connectivity index (χ0n) is 10.1. The number of hydrogen-bond donors (Lipinski definition) is 0. The second-order valence-corrected chi connectivity index (χ2v) is 5.25. The highest BCUT2D eigenvalue weighted by Crippen LogP contribution is 2.37. The minimum atomic E-state index is 0.658. The van der Waals surface area contributed by atoms with Crippen molar-refractivity contribution >= 4 is 5.57 Å². The second kappa shape index (κ2) is 3.74. The van der Waals surface area contributed by atoms with Crippen LogP contribution in [0.1, 0.15) is 24.5 Å². The van der Waals surface area contributed by atoms with Crippen molar-refractivity contribution in [2.45, 2.75) is 25.8 Å². The fraction of sp³-hybridized carbons (Fsp3) is 0.467. The van der Waals surface area contributed by atoms with Crippen LogP contribution >= 0.6 is 0 Å². The predicted octanol–water partition coefficient (Wildman–Crippen LogP) is 2.97. The van der Waals surface area contributed by atoms with Gasteiger partial charge < -0.3 is 0 Å². The van der Waals surface area contributed by atoms with Gasteiger partial charge in [0.05, 0.1) is 0 Å². The zero-order chi connectivity index (χ0) is 11.1. The number of nitrogens with zero attached hydrogens (tertiary/aromatic N) is 1. The summed E-state index contributed by atoms with van der Waals surface area (Å²) in [5.41, 5.74) is 4.60.